The van der Waals surface area contributed by atoms with Crippen LogP contribution >= 0.6 is 12.6 Å². The van der Waals surface area contributed by atoms with Gasteiger partial charge in [0.25, 0.3) is 0 Å². The molecule has 1 nitrogen and oxygen atoms in total. The van der Waals surface area contributed by atoms with E-state index in [9.17, 15) is 0 Å². The lowest BCUT2D eigenvalue weighted by Crippen LogP contribution is -2.03. The van der Waals surface area contributed by atoms with Crippen LogP contribution in [0, 0.1) is 5.92 Å². The number of hydrogen-bond donors (Lipinski definition) is 1. The Bertz CT molecular complexity index is 76.0. The van der Waals surface area contributed by atoms with E-state index in [0.29, 0.717) is 0 Å². The molecule has 0 saturated heterocycles. The summed E-state index contributed by atoms with van der Waals surface area (Å²) in [6.07, 6.45) is 3.51. The van der Waals surface area contributed by atoms with Gasteiger partial charge in [0, 0.05) is 13.2 Å². The summed E-state index contributed by atoms with van der Waals surface area (Å²) in [5.41, 5.74) is 0. The smallest absolute Gasteiger partial charge is 0.0468 e. The van der Waals surface area contributed by atoms with Gasteiger partial charge >= 0.3 is 0 Å². The van der Waals surface area contributed by atoms with Crippen molar-refractivity contribution in [3.63, 3.8) is 0 Å². The molecule has 0 saturated carbocycles. The fourth-order valence-electron chi connectivity index (χ4n) is 0.896. The molecule has 0 aromatic rings. The highest BCUT2D eigenvalue weighted by molar-refractivity contribution is 7.80. The summed E-state index contributed by atoms with van der Waals surface area (Å²) < 4.78 is 5.37. The Kier molecular flexibility index (Phi) is 8.64. The van der Waals surface area contributed by atoms with E-state index < -0.39 is 0 Å². The second-order valence-corrected chi connectivity index (χ2v) is 3.47. The highest BCUT2D eigenvalue weighted by Crippen LogP contribution is 2.07. The van der Waals surface area contributed by atoms with E-state index in [1.54, 1.807) is 0 Å². The van der Waals surface area contributed by atoms with Crippen LogP contribution in [0.5, 0.6) is 0 Å². The molecule has 0 amide bonds. The van der Waals surface area contributed by atoms with E-state index in [4.69, 9.17) is 4.74 Å². The van der Waals surface area contributed by atoms with Gasteiger partial charge in [0.05, 0.1) is 0 Å². The van der Waals surface area contributed by atoms with Crippen molar-refractivity contribution < 1.29 is 4.74 Å². The average molecular weight is 176 g/mol. The third kappa shape index (κ3) is 8.21. The SMILES string of the molecule is CCCOCCC(C)CCS. The Morgan fingerprint density at radius 1 is 1.27 bits per heavy atom. The van der Waals surface area contributed by atoms with Gasteiger partial charge in [-0.2, -0.15) is 12.6 Å². The van der Waals surface area contributed by atoms with Crippen molar-refractivity contribution in [1.82, 2.24) is 0 Å². The maximum Gasteiger partial charge on any atom is 0.0468 e. The minimum atomic E-state index is 0.768. The minimum absolute atomic E-state index is 0.768. The Morgan fingerprint density at radius 3 is 2.55 bits per heavy atom. The molecule has 0 aromatic carbocycles. The zero-order valence-electron chi connectivity index (χ0n) is 7.68. The molecule has 11 heavy (non-hydrogen) atoms. The summed E-state index contributed by atoms with van der Waals surface area (Å²) in [6.45, 7) is 6.22. The largest absolute Gasteiger partial charge is 0.381 e. The molecular weight excluding hydrogens is 156 g/mol. The molecule has 0 fully saturated rings. The van der Waals surface area contributed by atoms with Crippen molar-refractivity contribution in [3.05, 3.63) is 0 Å². The second-order valence-electron chi connectivity index (χ2n) is 3.02. The summed E-state index contributed by atoms with van der Waals surface area (Å²) >= 11 is 4.18. The van der Waals surface area contributed by atoms with Crippen molar-refractivity contribution >= 4 is 12.6 Å². The second kappa shape index (κ2) is 8.41. The molecule has 0 rings (SSSR count). The third-order valence-corrected chi connectivity index (χ3v) is 1.98. The van der Waals surface area contributed by atoms with Gasteiger partial charge in [-0.3, -0.25) is 0 Å². The fourth-order valence-corrected chi connectivity index (χ4v) is 1.34. The monoisotopic (exact) mass is 176 g/mol. The van der Waals surface area contributed by atoms with Crippen LogP contribution in [-0.4, -0.2) is 19.0 Å². The standard InChI is InChI=1S/C9H20OS/c1-3-6-10-7-4-9(2)5-8-11/h9,11H,3-8H2,1-2H3. The highest BCUT2D eigenvalue weighted by Gasteiger charge is 1.99. The first kappa shape index (κ1) is 11.3. The molecule has 68 valence electrons. The molecule has 0 spiro atoms. The lowest BCUT2D eigenvalue weighted by atomic mass is 10.1. The Morgan fingerprint density at radius 2 is 2.00 bits per heavy atom. The van der Waals surface area contributed by atoms with E-state index in [1.165, 1.54) is 12.8 Å². The highest BCUT2D eigenvalue weighted by atomic mass is 32.1. The molecular formula is C9H20OS. The Labute approximate surface area is 75.9 Å². The molecule has 0 aliphatic carbocycles. The van der Waals surface area contributed by atoms with Crippen LogP contribution in [-0.2, 0) is 4.74 Å². The minimum Gasteiger partial charge on any atom is -0.381 e. The van der Waals surface area contributed by atoms with Gasteiger partial charge in [-0.1, -0.05) is 13.8 Å². The van der Waals surface area contributed by atoms with E-state index in [2.05, 4.69) is 26.5 Å². The van der Waals surface area contributed by atoms with Crippen LogP contribution in [0.25, 0.3) is 0 Å². The first-order valence-corrected chi connectivity index (χ1v) is 5.13. The Balaban J connectivity index is 2.97. The molecule has 0 N–H and O–H groups in total. The van der Waals surface area contributed by atoms with Crippen molar-refractivity contribution in [2.45, 2.75) is 33.1 Å². The van der Waals surface area contributed by atoms with E-state index in [1.807, 2.05) is 0 Å². The summed E-state index contributed by atoms with van der Waals surface area (Å²) in [5.74, 6) is 1.76. The van der Waals surface area contributed by atoms with Crippen LogP contribution in [0.15, 0.2) is 0 Å². The zero-order chi connectivity index (χ0) is 8.53. The fraction of sp³-hybridized carbons (Fsp3) is 1.00. The molecule has 0 heterocycles. The van der Waals surface area contributed by atoms with Crippen LogP contribution in [0.1, 0.15) is 33.1 Å². The van der Waals surface area contributed by atoms with Gasteiger partial charge < -0.3 is 4.74 Å². The first-order valence-electron chi connectivity index (χ1n) is 4.49. The molecule has 0 aromatic heterocycles. The number of thiol groups is 1. The van der Waals surface area contributed by atoms with Crippen molar-refractivity contribution in [2.75, 3.05) is 19.0 Å². The van der Waals surface area contributed by atoms with Gasteiger partial charge in [-0.05, 0) is 30.9 Å². The quantitative estimate of drug-likeness (QED) is 0.463. The van der Waals surface area contributed by atoms with Gasteiger partial charge in [0.2, 0.25) is 0 Å². The summed E-state index contributed by atoms with van der Waals surface area (Å²) in [5, 5.41) is 0. The van der Waals surface area contributed by atoms with Crippen molar-refractivity contribution in [2.24, 2.45) is 5.92 Å². The predicted octanol–water partition coefficient (Wildman–Crippen LogP) is 2.76. The van der Waals surface area contributed by atoms with E-state index in [-0.39, 0.29) is 0 Å². The van der Waals surface area contributed by atoms with Crippen LogP contribution in [0.3, 0.4) is 0 Å². The lowest BCUT2D eigenvalue weighted by molar-refractivity contribution is 0.122. The zero-order valence-corrected chi connectivity index (χ0v) is 8.57. The lowest BCUT2D eigenvalue weighted by Gasteiger charge is -2.08. The van der Waals surface area contributed by atoms with Gasteiger partial charge in [0.15, 0.2) is 0 Å². The molecule has 0 aliphatic heterocycles. The molecule has 1 unspecified atom stereocenters. The summed E-state index contributed by atoms with van der Waals surface area (Å²) in [7, 11) is 0. The summed E-state index contributed by atoms with van der Waals surface area (Å²) in [4.78, 5) is 0. The molecule has 2 heteroatoms. The van der Waals surface area contributed by atoms with Gasteiger partial charge in [0.1, 0.15) is 0 Å². The van der Waals surface area contributed by atoms with Crippen LogP contribution in [0.4, 0.5) is 0 Å². The predicted molar refractivity (Wildman–Crippen MR) is 53.4 cm³/mol. The van der Waals surface area contributed by atoms with Crippen molar-refractivity contribution in [3.8, 4) is 0 Å². The topological polar surface area (TPSA) is 9.23 Å². The molecule has 0 bridgehead atoms. The normalized spacial score (nSPS) is 13.4. The number of rotatable bonds is 7. The van der Waals surface area contributed by atoms with Crippen molar-refractivity contribution in [1.29, 1.82) is 0 Å². The molecule has 1 atom stereocenters. The molecule has 0 aliphatic rings. The van der Waals surface area contributed by atoms with E-state index in [0.717, 1.165) is 31.3 Å². The Hall–Kier alpha value is 0.310. The summed E-state index contributed by atoms with van der Waals surface area (Å²) in [6, 6.07) is 0. The van der Waals surface area contributed by atoms with Gasteiger partial charge in [-0.15, -0.1) is 0 Å². The van der Waals surface area contributed by atoms with E-state index >= 15 is 0 Å². The number of hydrogen-bond acceptors (Lipinski definition) is 2. The van der Waals surface area contributed by atoms with Gasteiger partial charge in [-0.25, -0.2) is 0 Å². The van der Waals surface area contributed by atoms with Crippen LogP contribution in [0.2, 0.25) is 0 Å². The average Bonchev–Trinajstić information content (AvgIpc) is 1.99. The first-order chi connectivity index (χ1) is 5.31. The third-order valence-electron chi connectivity index (χ3n) is 1.73. The molecule has 0 radical (unpaired) electrons. The maximum absolute atomic E-state index is 5.37. The number of ether oxygens (including phenoxy) is 1. The van der Waals surface area contributed by atoms with Crippen LogP contribution < -0.4 is 0 Å². The maximum atomic E-state index is 5.37.